The Morgan fingerprint density at radius 1 is 1.47 bits per heavy atom. The lowest BCUT2D eigenvalue weighted by Gasteiger charge is -2.32. The van der Waals surface area contributed by atoms with Crippen molar-refractivity contribution < 1.29 is 4.79 Å². The summed E-state index contributed by atoms with van der Waals surface area (Å²) in [6.45, 7) is 2.56. The van der Waals surface area contributed by atoms with E-state index in [9.17, 15) is 4.79 Å². The van der Waals surface area contributed by atoms with Crippen LogP contribution in [0, 0.1) is 11.3 Å². The Morgan fingerprint density at radius 2 is 2.35 bits per heavy atom. The normalized spacial score (nSPS) is 31.9. The van der Waals surface area contributed by atoms with Gasteiger partial charge in [-0.2, -0.15) is 5.26 Å². The number of likely N-dealkylation sites (tertiary alicyclic amines) is 1. The first-order valence-electron chi connectivity index (χ1n) is 6.35. The first-order valence-corrected chi connectivity index (χ1v) is 6.35. The van der Waals surface area contributed by atoms with Crippen molar-refractivity contribution in [3.05, 3.63) is 0 Å². The van der Waals surface area contributed by atoms with E-state index in [0.717, 1.165) is 51.6 Å². The smallest absolute Gasteiger partial charge is 0.151 e. The second-order valence-corrected chi connectivity index (χ2v) is 4.74. The van der Waals surface area contributed by atoms with Gasteiger partial charge in [0.25, 0.3) is 0 Å². The van der Waals surface area contributed by atoms with E-state index in [1.54, 1.807) is 0 Å². The van der Waals surface area contributed by atoms with Gasteiger partial charge in [-0.15, -0.1) is 0 Å². The molecule has 3 unspecified atom stereocenters. The van der Waals surface area contributed by atoms with Crippen LogP contribution < -0.4 is 10.6 Å². The number of hydrogen-bond acceptors (Lipinski definition) is 4. The highest BCUT2D eigenvalue weighted by Gasteiger charge is 2.31. The van der Waals surface area contributed by atoms with E-state index in [4.69, 9.17) is 5.26 Å². The van der Waals surface area contributed by atoms with Crippen LogP contribution in [-0.4, -0.2) is 49.1 Å². The lowest BCUT2D eigenvalue weighted by molar-refractivity contribution is -0.113. The number of rotatable bonds is 4. The van der Waals surface area contributed by atoms with Crippen LogP contribution in [0.15, 0.2) is 0 Å². The third kappa shape index (κ3) is 3.03. The molecule has 2 rings (SSSR count). The van der Waals surface area contributed by atoms with Gasteiger partial charge < -0.3 is 4.79 Å². The molecule has 0 aromatic carbocycles. The van der Waals surface area contributed by atoms with E-state index >= 15 is 0 Å². The molecule has 0 bridgehead atoms. The molecule has 17 heavy (non-hydrogen) atoms. The molecule has 0 aromatic rings. The lowest BCUT2D eigenvalue weighted by atomic mass is 10.1. The molecule has 0 amide bonds. The predicted octanol–water partition coefficient (Wildman–Crippen LogP) is -0.144. The first kappa shape index (κ1) is 12.5. The van der Waals surface area contributed by atoms with Gasteiger partial charge >= 0.3 is 0 Å². The van der Waals surface area contributed by atoms with Gasteiger partial charge in [-0.05, 0) is 25.7 Å². The first-order chi connectivity index (χ1) is 8.35. The molecule has 93 valence electrons. The second-order valence-electron chi connectivity index (χ2n) is 4.74. The zero-order chi connectivity index (χ0) is 12.1. The lowest BCUT2D eigenvalue weighted by Crippen LogP contribution is -2.54. The van der Waals surface area contributed by atoms with Crippen LogP contribution in [0.5, 0.6) is 0 Å². The van der Waals surface area contributed by atoms with E-state index in [2.05, 4.69) is 16.7 Å². The van der Waals surface area contributed by atoms with Gasteiger partial charge in [-0.3, -0.25) is 10.2 Å². The monoisotopic (exact) mass is 235 g/mol. The molecular formula is C12H19N4O. The maximum absolute atomic E-state index is 11.2. The SMILES string of the molecule is N#CC1CCCN1C(C=O)NC1CCC[N]C1. The number of nitrogens with zero attached hydrogens (tertiary/aromatic N) is 3. The van der Waals surface area contributed by atoms with Crippen molar-refractivity contribution in [1.82, 2.24) is 15.5 Å². The largest absolute Gasteiger partial charge is 0.300 e. The van der Waals surface area contributed by atoms with Crippen LogP contribution in [0.4, 0.5) is 0 Å². The minimum atomic E-state index is -0.319. The summed E-state index contributed by atoms with van der Waals surface area (Å²) in [6, 6.07) is 2.45. The fourth-order valence-corrected chi connectivity index (χ4v) is 2.64. The molecule has 1 N–H and O–H groups in total. The van der Waals surface area contributed by atoms with Crippen molar-refractivity contribution in [3.8, 4) is 6.07 Å². The number of carbonyl (C=O) groups excluding carboxylic acids is 1. The summed E-state index contributed by atoms with van der Waals surface area (Å²) in [5.41, 5.74) is 0. The van der Waals surface area contributed by atoms with E-state index < -0.39 is 0 Å². The van der Waals surface area contributed by atoms with Crippen molar-refractivity contribution >= 4 is 6.29 Å². The molecule has 2 aliphatic rings. The number of nitriles is 1. The minimum absolute atomic E-state index is 0.113. The summed E-state index contributed by atoms with van der Waals surface area (Å²) < 4.78 is 0. The van der Waals surface area contributed by atoms with Crippen LogP contribution in [-0.2, 0) is 4.79 Å². The van der Waals surface area contributed by atoms with Crippen molar-refractivity contribution in [2.24, 2.45) is 0 Å². The van der Waals surface area contributed by atoms with Crippen molar-refractivity contribution in [1.29, 1.82) is 5.26 Å². The molecule has 0 spiro atoms. The van der Waals surface area contributed by atoms with Gasteiger partial charge in [0.1, 0.15) is 6.17 Å². The molecule has 3 atom stereocenters. The number of hydrogen-bond donors (Lipinski definition) is 1. The third-order valence-electron chi connectivity index (χ3n) is 3.55. The van der Waals surface area contributed by atoms with E-state index in [1.165, 1.54) is 0 Å². The number of carbonyl (C=O) groups is 1. The molecule has 5 heteroatoms. The number of piperidine rings is 1. The van der Waals surface area contributed by atoms with Crippen LogP contribution in [0.25, 0.3) is 0 Å². The van der Waals surface area contributed by atoms with Gasteiger partial charge in [0.15, 0.2) is 6.29 Å². The Hall–Kier alpha value is -0.960. The van der Waals surface area contributed by atoms with Gasteiger partial charge in [0.2, 0.25) is 0 Å². The minimum Gasteiger partial charge on any atom is -0.300 e. The zero-order valence-electron chi connectivity index (χ0n) is 10.0. The van der Waals surface area contributed by atoms with Crippen molar-refractivity contribution in [2.45, 2.75) is 43.9 Å². The summed E-state index contributed by atoms with van der Waals surface area (Å²) >= 11 is 0. The average Bonchev–Trinajstić information content (AvgIpc) is 2.85. The maximum atomic E-state index is 11.2. The second kappa shape index (κ2) is 6.10. The van der Waals surface area contributed by atoms with Crippen LogP contribution >= 0.6 is 0 Å². The molecule has 1 radical (unpaired) electrons. The van der Waals surface area contributed by atoms with E-state index in [1.807, 2.05) is 4.90 Å². The van der Waals surface area contributed by atoms with Crippen molar-refractivity contribution in [3.63, 3.8) is 0 Å². The average molecular weight is 235 g/mol. The zero-order valence-corrected chi connectivity index (χ0v) is 10.0. The van der Waals surface area contributed by atoms with Gasteiger partial charge in [-0.25, -0.2) is 5.32 Å². The third-order valence-corrected chi connectivity index (χ3v) is 3.55. The molecular weight excluding hydrogens is 216 g/mol. The van der Waals surface area contributed by atoms with E-state index in [-0.39, 0.29) is 12.2 Å². The Morgan fingerprint density at radius 3 is 3.00 bits per heavy atom. The Bertz CT molecular complexity index is 295. The molecule has 2 saturated heterocycles. The summed E-state index contributed by atoms with van der Waals surface area (Å²) in [5.74, 6) is 0. The molecule has 0 aromatic heterocycles. The Labute approximate surface area is 102 Å². The van der Waals surface area contributed by atoms with Gasteiger partial charge in [0.05, 0.1) is 12.1 Å². The summed E-state index contributed by atoms with van der Waals surface area (Å²) in [7, 11) is 0. The molecule has 2 fully saturated rings. The highest BCUT2D eigenvalue weighted by Crippen LogP contribution is 2.18. The number of aldehydes is 1. The fraction of sp³-hybridized carbons (Fsp3) is 0.833. The topological polar surface area (TPSA) is 70.2 Å². The van der Waals surface area contributed by atoms with E-state index in [0.29, 0.717) is 6.04 Å². The molecule has 2 aliphatic heterocycles. The summed E-state index contributed by atoms with van der Waals surface area (Å²) in [4.78, 5) is 13.2. The highest BCUT2D eigenvalue weighted by molar-refractivity contribution is 5.57. The summed E-state index contributed by atoms with van der Waals surface area (Å²) in [5, 5.41) is 16.7. The van der Waals surface area contributed by atoms with Gasteiger partial charge in [-0.1, -0.05) is 0 Å². The Kier molecular flexibility index (Phi) is 4.49. The Balaban J connectivity index is 1.91. The summed E-state index contributed by atoms with van der Waals surface area (Å²) in [6.07, 6.45) is 4.63. The van der Waals surface area contributed by atoms with Crippen LogP contribution in [0.3, 0.4) is 0 Å². The number of nitrogens with one attached hydrogen (secondary N) is 1. The predicted molar refractivity (Wildman–Crippen MR) is 63.2 cm³/mol. The molecule has 0 saturated carbocycles. The quantitative estimate of drug-likeness (QED) is 0.688. The fourth-order valence-electron chi connectivity index (χ4n) is 2.64. The maximum Gasteiger partial charge on any atom is 0.151 e. The van der Waals surface area contributed by atoms with Gasteiger partial charge in [0, 0.05) is 25.7 Å². The standard InChI is InChI=1S/C12H19N4O/c13-7-11-4-2-6-16(11)12(9-17)15-10-3-1-5-14-8-10/h9-12,15H,1-6,8H2. The molecule has 2 heterocycles. The van der Waals surface area contributed by atoms with Crippen LogP contribution in [0.1, 0.15) is 25.7 Å². The molecule has 5 nitrogen and oxygen atoms in total. The van der Waals surface area contributed by atoms with Crippen molar-refractivity contribution in [2.75, 3.05) is 19.6 Å². The highest BCUT2D eigenvalue weighted by atomic mass is 16.1. The molecule has 0 aliphatic carbocycles. The van der Waals surface area contributed by atoms with Crippen LogP contribution in [0.2, 0.25) is 0 Å².